The molecule has 0 spiro atoms. The van der Waals surface area contributed by atoms with E-state index in [4.69, 9.17) is 4.74 Å². The Morgan fingerprint density at radius 1 is 1.47 bits per heavy atom. The third kappa shape index (κ3) is 5.81. The molecule has 1 heterocycles. The summed E-state index contributed by atoms with van der Waals surface area (Å²) >= 11 is 1.63. The average molecular weight is 257 g/mol. The highest BCUT2D eigenvalue weighted by molar-refractivity contribution is 7.99. The van der Waals surface area contributed by atoms with Crippen LogP contribution in [0.3, 0.4) is 0 Å². The first-order valence-corrected chi connectivity index (χ1v) is 6.56. The van der Waals surface area contributed by atoms with Crippen molar-refractivity contribution in [3.05, 3.63) is 12.2 Å². The number of tetrazole rings is 1. The Morgan fingerprint density at radius 2 is 2.35 bits per heavy atom. The highest BCUT2D eigenvalue weighted by Crippen LogP contribution is 2.12. The second-order valence-corrected chi connectivity index (χ2v) is 4.29. The van der Waals surface area contributed by atoms with Crippen LogP contribution < -0.4 is 5.32 Å². The summed E-state index contributed by atoms with van der Waals surface area (Å²) < 4.78 is 6.76. The van der Waals surface area contributed by atoms with Gasteiger partial charge in [0.1, 0.15) is 0 Å². The van der Waals surface area contributed by atoms with E-state index in [9.17, 15) is 0 Å². The fourth-order valence-corrected chi connectivity index (χ4v) is 1.95. The lowest BCUT2D eigenvalue weighted by molar-refractivity contribution is 0.199. The Hall–Kier alpha value is -0.920. The van der Waals surface area contributed by atoms with Gasteiger partial charge in [-0.2, -0.15) is 0 Å². The Bertz CT molecular complexity index is 328. The Kier molecular flexibility index (Phi) is 7.61. The molecule has 1 aromatic rings. The van der Waals surface area contributed by atoms with Gasteiger partial charge in [-0.1, -0.05) is 23.9 Å². The normalized spacial score (nSPS) is 11.4. The van der Waals surface area contributed by atoms with Crippen molar-refractivity contribution >= 4 is 11.8 Å². The van der Waals surface area contributed by atoms with E-state index in [0.29, 0.717) is 0 Å². The summed E-state index contributed by atoms with van der Waals surface area (Å²) in [5.41, 5.74) is 0. The van der Waals surface area contributed by atoms with E-state index in [1.165, 1.54) is 0 Å². The van der Waals surface area contributed by atoms with Gasteiger partial charge in [0.2, 0.25) is 5.16 Å². The Labute approximate surface area is 106 Å². The van der Waals surface area contributed by atoms with Gasteiger partial charge < -0.3 is 10.1 Å². The number of rotatable bonds is 9. The van der Waals surface area contributed by atoms with E-state index in [-0.39, 0.29) is 0 Å². The van der Waals surface area contributed by atoms with Crippen LogP contribution in [0, 0.1) is 0 Å². The van der Waals surface area contributed by atoms with Gasteiger partial charge in [-0.3, -0.25) is 0 Å². The lowest BCUT2D eigenvalue weighted by Gasteiger charge is -2.05. The maximum atomic E-state index is 4.95. The number of ether oxygens (including phenoxy) is 1. The second-order valence-electron chi connectivity index (χ2n) is 3.31. The van der Waals surface area contributed by atoms with Gasteiger partial charge in [-0.15, -0.1) is 5.10 Å². The SMILES string of the molecule is CC=CCSc1nnnn1CCNCCOC. The number of hydrogen-bond donors (Lipinski definition) is 1. The van der Waals surface area contributed by atoms with Crippen LogP contribution in [0.5, 0.6) is 0 Å². The van der Waals surface area contributed by atoms with Gasteiger partial charge in [0.25, 0.3) is 0 Å². The second kappa shape index (κ2) is 9.15. The number of allylic oxidation sites excluding steroid dienone is 1. The van der Waals surface area contributed by atoms with E-state index >= 15 is 0 Å². The van der Waals surface area contributed by atoms with Crippen LogP contribution in [0.1, 0.15) is 6.92 Å². The largest absolute Gasteiger partial charge is 0.383 e. The summed E-state index contributed by atoms with van der Waals surface area (Å²) in [7, 11) is 1.69. The zero-order valence-corrected chi connectivity index (χ0v) is 11.1. The van der Waals surface area contributed by atoms with Crippen molar-refractivity contribution in [1.82, 2.24) is 25.5 Å². The topological polar surface area (TPSA) is 64.9 Å². The molecule has 0 atom stereocenters. The summed E-state index contributed by atoms with van der Waals surface area (Å²) in [6.07, 6.45) is 4.11. The van der Waals surface area contributed by atoms with Crippen molar-refractivity contribution in [2.75, 3.05) is 32.6 Å². The van der Waals surface area contributed by atoms with Crippen LogP contribution in [0.2, 0.25) is 0 Å². The molecule has 1 N–H and O–H groups in total. The van der Waals surface area contributed by atoms with Crippen LogP contribution in [0.15, 0.2) is 17.3 Å². The van der Waals surface area contributed by atoms with Crippen LogP contribution in [-0.4, -0.2) is 52.8 Å². The molecule has 0 aliphatic carbocycles. The van der Waals surface area contributed by atoms with Crippen molar-refractivity contribution in [2.24, 2.45) is 0 Å². The number of methoxy groups -OCH3 is 1. The van der Waals surface area contributed by atoms with Gasteiger partial charge in [-0.25, -0.2) is 4.68 Å². The predicted molar refractivity (Wildman–Crippen MR) is 68.1 cm³/mol. The zero-order chi connectivity index (χ0) is 12.3. The first-order valence-electron chi connectivity index (χ1n) is 5.58. The molecule has 96 valence electrons. The molecule has 0 aliphatic heterocycles. The monoisotopic (exact) mass is 257 g/mol. The lowest BCUT2D eigenvalue weighted by atomic mass is 10.6. The molecule has 17 heavy (non-hydrogen) atoms. The number of thioether (sulfide) groups is 1. The summed E-state index contributed by atoms with van der Waals surface area (Å²) in [6.45, 7) is 5.18. The number of aromatic nitrogens is 4. The third-order valence-corrected chi connectivity index (χ3v) is 2.94. The quantitative estimate of drug-likeness (QED) is 0.396. The van der Waals surface area contributed by atoms with E-state index in [1.807, 2.05) is 17.7 Å². The Morgan fingerprint density at radius 3 is 3.12 bits per heavy atom. The number of nitrogens with zero attached hydrogens (tertiary/aromatic N) is 4. The number of nitrogens with one attached hydrogen (secondary N) is 1. The van der Waals surface area contributed by atoms with Gasteiger partial charge in [0.05, 0.1) is 13.2 Å². The van der Waals surface area contributed by atoms with Crippen LogP contribution in [-0.2, 0) is 11.3 Å². The molecule has 1 aromatic heterocycles. The highest BCUT2D eigenvalue weighted by atomic mass is 32.2. The molecule has 0 bridgehead atoms. The molecule has 0 saturated heterocycles. The summed E-state index contributed by atoms with van der Waals surface area (Å²) in [5, 5.41) is 15.7. The molecule has 6 nitrogen and oxygen atoms in total. The molecule has 0 radical (unpaired) electrons. The van der Waals surface area contributed by atoms with Crippen LogP contribution in [0.25, 0.3) is 0 Å². The Balaban J connectivity index is 2.25. The van der Waals surface area contributed by atoms with E-state index in [1.54, 1.807) is 18.9 Å². The molecule has 0 unspecified atom stereocenters. The van der Waals surface area contributed by atoms with E-state index in [0.717, 1.165) is 37.2 Å². The minimum Gasteiger partial charge on any atom is -0.383 e. The van der Waals surface area contributed by atoms with Crippen molar-refractivity contribution in [2.45, 2.75) is 18.6 Å². The summed E-state index contributed by atoms with van der Waals surface area (Å²) in [4.78, 5) is 0. The van der Waals surface area contributed by atoms with Gasteiger partial charge in [-0.05, 0) is 17.4 Å². The molecular formula is C10H19N5OS. The smallest absolute Gasteiger partial charge is 0.209 e. The van der Waals surface area contributed by atoms with E-state index in [2.05, 4.69) is 26.9 Å². The predicted octanol–water partition coefficient (Wildman–Crippen LogP) is 0.577. The fraction of sp³-hybridized carbons (Fsp3) is 0.700. The van der Waals surface area contributed by atoms with Gasteiger partial charge in [0, 0.05) is 26.0 Å². The standard InChI is InChI=1S/C10H19N5OS/c1-3-4-9-17-10-12-13-14-15(10)7-5-11-6-8-16-2/h3-4,11H,5-9H2,1-2H3. The molecule has 1 rings (SSSR count). The van der Waals surface area contributed by atoms with Crippen LogP contribution >= 0.6 is 11.8 Å². The maximum Gasteiger partial charge on any atom is 0.209 e. The van der Waals surface area contributed by atoms with Crippen molar-refractivity contribution in [3.8, 4) is 0 Å². The fourth-order valence-electron chi connectivity index (χ4n) is 1.14. The molecule has 0 saturated carbocycles. The molecule has 0 fully saturated rings. The van der Waals surface area contributed by atoms with Crippen molar-refractivity contribution < 1.29 is 4.74 Å². The van der Waals surface area contributed by atoms with Gasteiger partial charge >= 0.3 is 0 Å². The first-order chi connectivity index (χ1) is 8.38. The minimum absolute atomic E-state index is 0.721. The summed E-state index contributed by atoms with van der Waals surface area (Å²) in [5.74, 6) is 0.897. The lowest BCUT2D eigenvalue weighted by Crippen LogP contribution is -2.24. The molecule has 0 aliphatic rings. The van der Waals surface area contributed by atoms with Gasteiger partial charge in [0.15, 0.2) is 0 Å². The van der Waals surface area contributed by atoms with E-state index < -0.39 is 0 Å². The zero-order valence-electron chi connectivity index (χ0n) is 10.3. The minimum atomic E-state index is 0.721. The molecule has 7 heteroatoms. The average Bonchev–Trinajstić information content (AvgIpc) is 2.77. The highest BCUT2D eigenvalue weighted by Gasteiger charge is 2.04. The summed E-state index contributed by atoms with van der Waals surface area (Å²) in [6, 6.07) is 0. The molecule has 0 amide bonds. The van der Waals surface area contributed by atoms with Crippen molar-refractivity contribution in [3.63, 3.8) is 0 Å². The van der Waals surface area contributed by atoms with Crippen LogP contribution in [0.4, 0.5) is 0 Å². The molecular weight excluding hydrogens is 238 g/mol. The first kappa shape index (κ1) is 14.1. The number of hydrogen-bond acceptors (Lipinski definition) is 6. The van der Waals surface area contributed by atoms with Crippen molar-refractivity contribution in [1.29, 1.82) is 0 Å². The third-order valence-electron chi connectivity index (χ3n) is 2.03. The molecule has 0 aromatic carbocycles. The maximum absolute atomic E-state index is 4.95.